The molecule has 0 N–H and O–H groups in total. The van der Waals surface area contributed by atoms with Crippen molar-refractivity contribution in [3.63, 3.8) is 0 Å². The average molecular weight is 391 g/mol. The smallest absolute Gasteiger partial charge is 0.168 e. The minimum atomic E-state index is 0.270. The van der Waals surface area contributed by atoms with E-state index < -0.39 is 0 Å². The van der Waals surface area contributed by atoms with E-state index in [1.54, 1.807) is 0 Å². The van der Waals surface area contributed by atoms with Crippen molar-refractivity contribution in [1.29, 1.82) is 0 Å². The Morgan fingerprint density at radius 1 is 0.897 bits per heavy atom. The van der Waals surface area contributed by atoms with Crippen molar-refractivity contribution in [2.24, 2.45) is 0 Å². The van der Waals surface area contributed by atoms with Crippen LogP contribution in [0.2, 0.25) is 0 Å². The Labute approximate surface area is 173 Å². The maximum absolute atomic E-state index is 4.46. The number of tetrazole rings is 1. The highest BCUT2D eigenvalue weighted by Crippen LogP contribution is 2.27. The molecule has 2 heterocycles. The largest absolute Gasteiger partial charge is 0.369 e. The zero-order valence-electron chi connectivity index (χ0n) is 17.2. The average Bonchev–Trinajstić information content (AvgIpc) is 3.23. The minimum Gasteiger partial charge on any atom is -0.369 e. The molecular weight excluding hydrogens is 360 g/mol. The molecule has 0 radical (unpaired) electrons. The molecule has 29 heavy (non-hydrogen) atoms. The molecule has 1 atom stereocenters. The van der Waals surface area contributed by atoms with E-state index in [0.29, 0.717) is 0 Å². The van der Waals surface area contributed by atoms with Gasteiger partial charge in [0.05, 0.1) is 12.6 Å². The minimum absolute atomic E-state index is 0.270. The van der Waals surface area contributed by atoms with Crippen molar-refractivity contribution in [3.05, 3.63) is 72.1 Å². The molecule has 0 spiro atoms. The number of anilines is 1. The first-order chi connectivity index (χ1) is 14.3. The van der Waals surface area contributed by atoms with E-state index in [4.69, 9.17) is 0 Å². The molecule has 6 nitrogen and oxygen atoms in total. The Morgan fingerprint density at radius 2 is 1.59 bits per heavy atom. The second-order valence-electron chi connectivity index (χ2n) is 7.70. The first kappa shape index (κ1) is 19.6. The monoisotopic (exact) mass is 390 g/mol. The van der Waals surface area contributed by atoms with E-state index in [-0.39, 0.29) is 6.04 Å². The van der Waals surface area contributed by atoms with Gasteiger partial charge in [-0.1, -0.05) is 68.3 Å². The van der Waals surface area contributed by atoms with Crippen molar-refractivity contribution in [1.82, 2.24) is 25.1 Å². The van der Waals surface area contributed by atoms with Crippen LogP contribution in [0.1, 0.15) is 43.6 Å². The number of aromatic nitrogens is 4. The predicted octanol–water partition coefficient (Wildman–Crippen LogP) is 3.77. The van der Waals surface area contributed by atoms with Gasteiger partial charge in [-0.2, -0.15) is 0 Å². The topological polar surface area (TPSA) is 50.1 Å². The number of unbranched alkanes of at least 4 members (excludes halogenated alkanes) is 1. The third kappa shape index (κ3) is 4.82. The van der Waals surface area contributed by atoms with Crippen LogP contribution in [-0.2, 0) is 6.54 Å². The van der Waals surface area contributed by atoms with E-state index >= 15 is 0 Å². The molecule has 1 aliphatic rings. The number of benzene rings is 2. The molecule has 2 aromatic carbocycles. The van der Waals surface area contributed by atoms with Crippen LogP contribution in [0, 0.1) is 0 Å². The van der Waals surface area contributed by atoms with E-state index in [9.17, 15) is 0 Å². The Hall–Kier alpha value is -2.73. The Morgan fingerprint density at radius 3 is 2.28 bits per heavy atom. The number of rotatable bonds is 8. The van der Waals surface area contributed by atoms with Crippen molar-refractivity contribution < 1.29 is 0 Å². The van der Waals surface area contributed by atoms with E-state index in [2.05, 4.69) is 86.8 Å². The van der Waals surface area contributed by atoms with Gasteiger partial charge in [0.2, 0.25) is 0 Å². The number of hydrogen-bond donors (Lipinski definition) is 0. The summed E-state index contributed by atoms with van der Waals surface area (Å²) >= 11 is 0. The van der Waals surface area contributed by atoms with Crippen molar-refractivity contribution >= 4 is 5.69 Å². The number of nitrogens with zero attached hydrogens (tertiary/aromatic N) is 6. The van der Waals surface area contributed by atoms with E-state index in [1.165, 1.54) is 24.1 Å². The van der Waals surface area contributed by atoms with Gasteiger partial charge in [-0.05, 0) is 34.5 Å². The molecule has 0 saturated carbocycles. The highest BCUT2D eigenvalue weighted by Gasteiger charge is 2.28. The normalized spacial score (nSPS) is 16.1. The van der Waals surface area contributed by atoms with Gasteiger partial charge in [0.1, 0.15) is 0 Å². The molecule has 1 aromatic heterocycles. The fourth-order valence-corrected chi connectivity index (χ4v) is 4.12. The molecule has 0 aliphatic carbocycles. The lowest BCUT2D eigenvalue weighted by Gasteiger charge is -2.39. The molecule has 4 rings (SSSR count). The first-order valence-electron chi connectivity index (χ1n) is 10.7. The summed E-state index contributed by atoms with van der Waals surface area (Å²) in [4.78, 5) is 5.04. The van der Waals surface area contributed by atoms with Gasteiger partial charge in [0, 0.05) is 31.9 Å². The lowest BCUT2D eigenvalue weighted by Crippen LogP contribution is -2.48. The first-order valence-corrected chi connectivity index (χ1v) is 10.7. The molecule has 1 fully saturated rings. The summed E-state index contributed by atoms with van der Waals surface area (Å²) in [5.41, 5.74) is 2.54. The number of hydrogen-bond acceptors (Lipinski definition) is 5. The Balaban J connectivity index is 1.48. The lowest BCUT2D eigenvalue weighted by molar-refractivity contribution is 0.163. The van der Waals surface area contributed by atoms with Crippen LogP contribution in [0.5, 0.6) is 0 Å². The van der Waals surface area contributed by atoms with E-state index in [1.807, 2.05) is 10.7 Å². The summed E-state index contributed by atoms with van der Waals surface area (Å²) in [6, 6.07) is 21.4. The van der Waals surface area contributed by atoms with Gasteiger partial charge in [0.25, 0.3) is 0 Å². The van der Waals surface area contributed by atoms with Crippen LogP contribution in [-0.4, -0.2) is 51.3 Å². The SMILES string of the molecule is CCCC[C@H](c1nnnn1Cc1ccccc1)N1CCN(c2ccccc2)CC1. The van der Waals surface area contributed by atoms with Crippen molar-refractivity contribution in [2.45, 2.75) is 38.8 Å². The van der Waals surface area contributed by atoms with Crippen molar-refractivity contribution in [2.75, 3.05) is 31.1 Å². The summed E-state index contributed by atoms with van der Waals surface area (Å²) in [6.45, 7) is 7.09. The second kappa shape index (κ2) is 9.65. The van der Waals surface area contributed by atoms with Crippen LogP contribution in [0.4, 0.5) is 5.69 Å². The van der Waals surface area contributed by atoms with Gasteiger partial charge in [-0.15, -0.1) is 5.10 Å². The fourth-order valence-electron chi connectivity index (χ4n) is 4.12. The summed E-state index contributed by atoms with van der Waals surface area (Å²) in [6.07, 6.45) is 3.46. The quantitative estimate of drug-likeness (QED) is 0.586. The summed E-state index contributed by atoms with van der Waals surface area (Å²) in [5, 5.41) is 12.8. The van der Waals surface area contributed by atoms with Gasteiger partial charge in [0.15, 0.2) is 5.82 Å². The zero-order valence-corrected chi connectivity index (χ0v) is 17.2. The maximum atomic E-state index is 4.46. The highest BCUT2D eigenvalue weighted by molar-refractivity contribution is 5.46. The maximum Gasteiger partial charge on any atom is 0.168 e. The molecule has 1 aliphatic heterocycles. The fraction of sp³-hybridized carbons (Fsp3) is 0.435. The Bertz CT molecular complexity index is 855. The summed E-state index contributed by atoms with van der Waals surface area (Å²) in [5.74, 6) is 0.996. The van der Waals surface area contributed by atoms with Gasteiger partial charge in [-0.3, -0.25) is 4.90 Å². The van der Waals surface area contributed by atoms with Crippen LogP contribution in [0.3, 0.4) is 0 Å². The Kier molecular flexibility index (Phi) is 6.52. The van der Waals surface area contributed by atoms with Crippen molar-refractivity contribution in [3.8, 4) is 0 Å². The van der Waals surface area contributed by atoms with Gasteiger partial charge >= 0.3 is 0 Å². The molecule has 152 valence electrons. The summed E-state index contributed by atoms with van der Waals surface area (Å²) < 4.78 is 1.99. The molecule has 0 amide bonds. The van der Waals surface area contributed by atoms with Crippen LogP contribution >= 0.6 is 0 Å². The third-order valence-corrected chi connectivity index (χ3v) is 5.74. The third-order valence-electron chi connectivity index (χ3n) is 5.74. The number of piperazine rings is 1. The highest BCUT2D eigenvalue weighted by atomic mass is 15.6. The molecular formula is C23H30N6. The summed E-state index contributed by atoms with van der Waals surface area (Å²) in [7, 11) is 0. The second-order valence-corrected chi connectivity index (χ2v) is 7.70. The molecule has 3 aromatic rings. The van der Waals surface area contributed by atoms with Crippen LogP contribution in [0.25, 0.3) is 0 Å². The standard InChI is InChI=1S/C23H30N6/c1-2-3-14-22(23-24-25-26-29(23)19-20-10-6-4-7-11-20)28-17-15-27(16-18-28)21-12-8-5-9-13-21/h4-13,22H,2-3,14-19H2,1H3/t22-/m1/s1. The van der Waals surface area contributed by atoms with E-state index in [0.717, 1.165) is 45.0 Å². The van der Waals surface area contributed by atoms with Gasteiger partial charge < -0.3 is 4.90 Å². The lowest BCUT2D eigenvalue weighted by atomic mass is 10.1. The van der Waals surface area contributed by atoms with Gasteiger partial charge in [-0.25, -0.2) is 4.68 Å². The molecule has 0 bridgehead atoms. The number of para-hydroxylation sites is 1. The van der Waals surface area contributed by atoms with Crippen LogP contribution < -0.4 is 4.90 Å². The molecule has 0 unspecified atom stereocenters. The molecule has 1 saturated heterocycles. The zero-order chi connectivity index (χ0) is 19.9. The molecule has 6 heteroatoms. The predicted molar refractivity (Wildman–Crippen MR) is 116 cm³/mol. The van der Waals surface area contributed by atoms with Crippen LogP contribution in [0.15, 0.2) is 60.7 Å².